The zero-order chi connectivity index (χ0) is 12.3. The first-order valence-electron chi connectivity index (χ1n) is 7.21. The third kappa shape index (κ3) is 3.01. The van der Waals surface area contributed by atoms with E-state index in [1.165, 1.54) is 38.5 Å². The zero-order valence-corrected chi connectivity index (χ0v) is 10.9. The molecule has 0 spiro atoms. The van der Waals surface area contributed by atoms with Crippen LogP contribution in [-0.4, -0.2) is 34.6 Å². The highest BCUT2D eigenvalue weighted by atomic mass is 16.4. The second-order valence-electron chi connectivity index (χ2n) is 5.68. The van der Waals surface area contributed by atoms with Gasteiger partial charge in [-0.05, 0) is 38.1 Å². The average Bonchev–Trinajstić information content (AvgIpc) is 2.39. The van der Waals surface area contributed by atoms with Crippen molar-refractivity contribution >= 4 is 5.97 Å². The maximum absolute atomic E-state index is 11.3. The van der Waals surface area contributed by atoms with Gasteiger partial charge >= 0.3 is 5.97 Å². The van der Waals surface area contributed by atoms with Gasteiger partial charge in [-0.3, -0.25) is 9.69 Å². The van der Waals surface area contributed by atoms with Crippen LogP contribution in [0.2, 0.25) is 0 Å². The van der Waals surface area contributed by atoms with E-state index in [1.54, 1.807) is 0 Å². The van der Waals surface area contributed by atoms with Gasteiger partial charge in [-0.15, -0.1) is 0 Å². The summed E-state index contributed by atoms with van der Waals surface area (Å²) in [5, 5.41) is 9.32. The number of carboxylic acids is 1. The van der Waals surface area contributed by atoms with E-state index in [2.05, 4.69) is 11.8 Å². The number of hydrogen-bond acceptors (Lipinski definition) is 2. The van der Waals surface area contributed by atoms with Crippen LogP contribution in [0.3, 0.4) is 0 Å². The molecule has 3 atom stereocenters. The molecule has 3 unspecified atom stereocenters. The van der Waals surface area contributed by atoms with Crippen LogP contribution in [0.5, 0.6) is 0 Å². The standard InChI is InChI=1S/C14H25NO2/c1-2-11-6-5-7-12(10-11)15-9-4-3-8-13(15)14(16)17/h11-13H,2-10H2,1H3,(H,16,17). The summed E-state index contributed by atoms with van der Waals surface area (Å²) in [5.74, 6) is 0.216. The molecular formula is C14H25NO2. The maximum Gasteiger partial charge on any atom is 0.320 e. The Bertz CT molecular complexity index is 267. The summed E-state index contributed by atoms with van der Waals surface area (Å²) in [7, 11) is 0. The summed E-state index contributed by atoms with van der Waals surface area (Å²) in [4.78, 5) is 13.6. The van der Waals surface area contributed by atoms with Crippen molar-refractivity contribution in [3.63, 3.8) is 0 Å². The van der Waals surface area contributed by atoms with Crippen molar-refractivity contribution < 1.29 is 9.90 Å². The van der Waals surface area contributed by atoms with Crippen LogP contribution in [0.15, 0.2) is 0 Å². The average molecular weight is 239 g/mol. The molecule has 1 saturated heterocycles. The molecule has 0 bridgehead atoms. The van der Waals surface area contributed by atoms with Crippen LogP contribution in [0.4, 0.5) is 0 Å². The van der Waals surface area contributed by atoms with Crippen molar-refractivity contribution in [3.8, 4) is 0 Å². The fraction of sp³-hybridized carbons (Fsp3) is 0.929. The molecule has 1 aliphatic heterocycles. The molecule has 98 valence electrons. The van der Waals surface area contributed by atoms with E-state index in [4.69, 9.17) is 0 Å². The second-order valence-corrected chi connectivity index (χ2v) is 5.68. The lowest BCUT2D eigenvalue weighted by atomic mass is 9.82. The normalized spacial score (nSPS) is 35.7. The quantitative estimate of drug-likeness (QED) is 0.823. The van der Waals surface area contributed by atoms with Crippen LogP contribution < -0.4 is 0 Å². The number of carbonyl (C=O) groups is 1. The minimum absolute atomic E-state index is 0.204. The number of nitrogens with zero attached hydrogens (tertiary/aromatic N) is 1. The van der Waals surface area contributed by atoms with E-state index >= 15 is 0 Å². The number of rotatable bonds is 3. The third-order valence-electron chi connectivity index (χ3n) is 4.63. The highest BCUT2D eigenvalue weighted by Crippen LogP contribution is 2.33. The Morgan fingerprint density at radius 3 is 2.76 bits per heavy atom. The first-order valence-corrected chi connectivity index (χ1v) is 7.21. The molecule has 1 heterocycles. The Balaban J connectivity index is 2.00. The minimum Gasteiger partial charge on any atom is -0.480 e. The van der Waals surface area contributed by atoms with Crippen molar-refractivity contribution in [2.24, 2.45) is 5.92 Å². The first-order chi connectivity index (χ1) is 8.22. The minimum atomic E-state index is -0.608. The fourth-order valence-corrected chi connectivity index (χ4v) is 3.59. The fourth-order valence-electron chi connectivity index (χ4n) is 3.59. The third-order valence-corrected chi connectivity index (χ3v) is 4.63. The molecule has 0 amide bonds. The topological polar surface area (TPSA) is 40.5 Å². The Labute approximate surface area is 104 Å². The van der Waals surface area contributed by atoms with Gasteiger partial charge in [-0.2, -0.15) is 0 Å². The van der Waals surface area contributed by atoms with Gasteiger partial charge in [0.25, 0.3) is 0 Å². The molecular weight excluding hydrogens is 214 g/mol. The maximum atomic E-state index is 11.3. The molecule has 0 aromatic carbocycles. The Morgan fingerprint density at radius 2 is 2.06 bits per heavy atom. The molecule has 2 rings (SSSR count). The van der Waals surface area contributed by atoms with Crippen molar-refractivity contribution in [2.75, 3.05) is 6.54 Å². The zero-order valence-electron chi connectivity index (χ0n) is 10.9. The molecule has 0 aromatic heterocycles. The highest BCUT2D eigenvalue weighted by Gasteiger charge is 2.35. The monoisotopic (exact) mass is 239 g/mol. The van der Waals surface area contributed by atoms with E-state index in [0.717, 1.165) is 25.3 Å². The first kappa shape index (κ1) is 12.9. The summed E-state index contributed by atoms with van der Waals surface area (Å²) in [5.41, 5.74) is 0. The largest absolute Gasteiger partial charge is 0.480 e. The number of likely N-dealkylation sites (tertiary alicyclic amines) is 1. The predicted octanol–water partition coefficient (Wildman–Crippen LogP) is 2.89. The SMILES string of the molecule is CCC1CCCC(N2CCCCC2C(=O)O)C1. The summed E-state index contributed by atoms with van der Waals surface area (Å²) in [6, 6.07) is 0.333. The van der Waals surface area contributed by atoms with Crippen LogP contribution >= 0.6 is 0 Å². The van der Waals surface area contributed by atoms with Gasteiger partial charge in [0.1, 0.15) is 6.04 Å². The lowest BCUT2D eigenvalue weighted by Crippen LogP contribution is -2.51. The van der Waals surface area contributed by atoms with Crippen molar-refractivity contribution in [2.45, 2.75) is 70.4 Å². The molecule has 3 heteroatoms. The lowest BCUT2D eigenvalue weighted by Gasteiger charge is -2.42. The van der Waals surface area contributed by atoms with Gasteiger partial charge in [-0.25, -0.2) is 0 Å². The molecule has 1 aliphatic carbocycles. The number of aliphatic carboxylic acids is 1. The van der Waals surface area contributed by atoms with Gasteiger partial charge in [-0.1, -0.05) is 32.6 Å². The molecule has 2 aliphatic rings. The van der Waals surface area contributed by atoms with E-state index in [-0.39, 0.29) is 6.04 Å². The van der Waals surface area contributed by atoms with Crippen LogP contribution in [-0.2, 0) is 4.79 Å². The van der Waals surface area contributed by atoms with E-state index < -0.39 is 5.97 Å². The van der Waals surface area contributed by atoms with E-state index in [1.807, 2.05) is 0 Å². The van der Waals surface area contributed by atoms with Gasteiger partial charge in [0.05, 0.1) is 0 Å². The Hall–Kier alpha value is -0.570. The van der Waals surface area contributed by atoms with E-state index in [9.17, 15) is 9.90 Å². The number of piperidine rings is 1. The van der Waals surface area contributed by atoms with Crippen LogP contribution in [0, 0.1) is 5.92 Å². The molecule has 17 heavy (non-hydrogen) atoms. The molecule has 1 N–H and O–H groups in total. The van der Waals surface area contributed by atoms with Crippen molar-refractivity contribution in [3.05, 3.63) is 0 Å². The van der Waals surface area contributed by atoms with Gasteiger partial charge in [0, 0.05) is 6.04 Å². The molecule has 2 fully saturated rings. The lowest BCUT2D eigenvalue weighted by molar-refractivity contribution is -0.146. The molecule has 1 saturated carbocycles. The summed E-state index contributed by atoms with van der Waals surface area (Å²) in [6.45, 7) is 3.26. The van der Waals surface area contributed by atoms with Gasteiger partial charge < -0.3 is 5.11 Å². The van der Waals surface area contributed by atoms with Crippen LogP contribution in [0.25, 0.3) is 0 Å². The van der Waals surface area contributed by atoms with Gasteiger partial charge in [0.15, 0.2) is 0 Å². The number of hydrogen-bond donors (Lipinski definition) is 1. The predicted molar refractivity (Wildman–Crippen MR) is 68.0 cm³/mol. The molecule has 0 aromatic rings. The smallest absolute Gasteiger partial charge is 0.320 e. The Kier molecular flexibility index (Phi) is 4.43. The summed E-state index contributed by atoms with van der Waals surface area (Å²) < 4.78 is 0. The van der Waals surface area contributed by atoms with Crippen LogP contribution in [0.1, 0.15) is 58.3 Å². The summed E-state index contributed by atoms with van der Waals surface area (Å²) in [6.07, 6.45) is 9.42. The second kappa shape index (κ2) is 5.85. The van der Waals surface area contributed by atoms with E-state index in [0.29, 0.717) is 6.04 Å². The highest BCUT2D eigenvalue weighted by molar-refractivity contribution is 5.73. The number of carboxylic acid groups (broad SMARTS) is 1. The van der Waals surface area contributed by atoms with Crippen molar-refractivity contribution in [1.82, 2.24) is 4.90 Å². The molecule has 3 nitrogen and oxygen atoms in total. The van der Waals surface area contributed by atoms with Crippen molar-refractivity contribution in [1.29, 1.82) is 0 Å². The summed E-state index contributed by atoms with van der Waals surface area (Å²) >= 11 is 0. The van der Waals surface area contributed by atoms with Gasteiger partial charge in [0.2, 0.25) is 0 Å². The Morgan fingerprint density at radius 1 is 1.24 bits per heavy atom. The molecule has 0 radical (unpaired) electrons.